The van der Waals surface area contributed by atoms with Crippen LogP contribution in [0.3, 0.4) is 0 Å². The van der Waals surface area contributed by atoms with Gasteiger partial charge in [0, 0.05) is 25.4 Å². The van der Waals surface area contributed by atoms with Crippen LogP contribution in [0.2, 0.25) is 0 Å². The number of rotatable bonds is 6. The molecule has 1 aromatic rings. The Balaban J connectivity index is 1.44. The van der Waals surface area contributed by atoms with Crippen molar-refractivity contribution in [2.75, 3.05) is 13.1 Å². The Hall–Kier alpha value is -2.37. The smallest absolute Gasteiger partial charge is 0.329 e. The van der Waals surface area contributed by atoms with Crippen molar-refractivity contribution in [2.24, 2.45) is 5.92 Å². The van der Waals surface area contributed by atoms with E-state index in [1.807, 2.05) is 35.2 Å². The molecule has 6 nitrogen and oxygen atoms in total. The van der Waals surface area contributed by atoms with E-state index in [2.05, 4.69) is 5.32 Å². The van der Waals surface area contributed by atoms with Gasteiger partial charge in [-0.25, -0.2) is 4.79 Å². The predicted molar refractivity (Wildman–Crippen MR) is 96.4 cm³/mol. The van der Waals surface area contributed by atoms with Crippen molar-refractivity contribution in [1.82, 2.24) is 10.2 Å². The fraction of sp³-hybridized carbons (Fsp3) is 0.550. The van der Waals surface area contributed by atoms with Crippen LogP contribution in [0.15, 0.2) is 30.3 Å². The van der Waals surface area contributed by atoms with Crippen LogP contribution >= 0.6 is 0 Å². The van der Waals surface area contributed by atoms with Crippen molar-refractivity contribution in [3.63, 3.8) is 0 Å². The first-order valence-corrected chi connectivity index (χ1v) is 9.37. The van der Waals surface area contributed by atoms with E-state index in [0.717, 1.165) is 18.4 Å². The van der Waals surface area contributed by atoms with Crippen molar-refractivity contribution < 1.29 is 19.5 Å². The third-order valence-electron chi connectivity index (χ3n) is 5.67. The van der Waals surface area contributed by atoms with Crippen LogP contribution in [-0.2, 0) is 20.8 Å². The summed E-state index contributed by atoms with van der Waals surface area (Å²) in [5.41, 5.74) is 0.0919. The quantitative estimate of drug-likeness (QED) is 0.814. The van der Waals surface area contributed by atoms with Crippen molar-refractivity contribution in [3.8, 4) is 0 Å². The van der Waals surface area contributed by atoms with Gasteiger partial charge >= 0.3 is 5.97 Å². The molecule has 0 atom stereocenters. The predicted octanol–water partition coefficient (Wildman–Crippen LogP) is 1.98. The van der Waals surface area contributed by atoms with E-state index in [1.54, 1.807) is 0 Å². The van der Waals surface area contributed by atoms with Crippen LogP contribution in [0.25, 0.3) is 0 Å². The number of nitrogens with zero attached hydrogens (tertiary/aromatic N) is 1. The lowest BCUT2D eigenvalue weighted by Gasteiger charge is -2.40. The molecule has 140 valence electrons. The zero-order valence-electron chi connectivity index (χ0n) is 14.9. The third kappa shape index (κ3) is 4.06. The minimum absolute atomic E-state index is 0.119. The number of carbonyl (C=O) groups is 3. The number of carboxylic acids is 1. The molecule has 1 aromatic carbocycles. The maximum absolute atomic E-state index is 12.4. The van der Waals surface area contributed by atoms with Crippen molar-refractivity contribution in [1.29, 1.82) is 0 Å². The number of likely N-dealkylation sites (tertiary alicyclic amines) is 1. The van der Waals surface area contributed by atoms with Crippen LogP contribution in [0, 0.1) is 5.92 Å². The lowest BCUT2D eigenvalue weighted by Crippen LogP contribution is -2.60. The number of hydrogen-bond acceptors (Lipinski definition) is 3. The Morgan fingerprint density at radius 1 is 1.12 bits per heavy atom. The number of piperidine rings is 1. The van der Waals surface area contributed by atoms with Gasteiger partial charge in [0.25, 0.3) is 0 Å². The molecule has 1 aliphatic carbocycles. The zero-order chi connectivity index (χ0) is 18.6. The van der Waals surface area contributed by atoms with E-state index in [1.165, 1.54) is 0 Å². The van der Waals surface area contributed by atoms with Gasteiger partial charge in [-0.15, -0.1) is 0 Å². The van der Waals surface area contributed by atoms with Crippen LogP contribution < -0.4 is 5.32 Å². The number of nitrogens with one attached hydrogen (secondary N) is 1. The van der Waals surface area contributed by atoms with Crippen LogP contribution in [0.1, 0.15) is 44.1 Å². The van der Waals surface area contributed by atoms with E-state index >= 15 is 0 Å². The highest BCUT2D eigenvalue weighted by Gasteiger charge is 2.46. The number of aryl methyl sites for hydroxylation is 1. The van der Waals surface area contributed by atoms with Gasteiger partial charge in [-0.2, -0.15) is 0 Å². The van der Waals surface area contributed by atoms with E-state index in [9.17, 15) is 19.5 Å². The number of benzene rings is 1. The Bertz CT molecular complexity index is 662. The van der Waals surface area contributed by atoms with Gasteiger partial charge in [-0.3, -0.25) is 9.59 Å². The van der Waals surface area contributed by atoms with Gasteiger partial charge in [0.1, 0.15) is 5.54 Å². The average Bonchev–Trinajstić information content (AvgIpc) is 2.63. The van der Waals surface area contributed by atoms with Crippen molar-refractivity contribution in [2.45, 2.75) is 50.5 Å². The number of aliphatic carboxylic acids is 1. The van der Waals surface area contributed by atoms with Gasteiger partial charge in [0.2, 0.25) is 11.8 Å². The van der Waals surface area contributed by atoms with Gasteiger partial charge in [-0.05, 0) is 44.1 Å². The molecule has 0 aromatic heterocycles. The molecule has 2 N–H and O–H groups in total. The fourth-order valence-electron chi connectivity index (χ4n) is 3.71. The zero-order valence-corrected chi connectivity index (χ0v) is 14.9. The van der Waals surface area contributed by atoms with E-state index in [0.29, 0.717) is 45.2 Å². The van der Waals surface area contributed by atoms with Crippen molar-refractivity contribution in [3.05, 3.63) is 35.9 Å². The first-order chi connectivity index (χ1) is 12.5. The topological polar surface area (TPSA) is 86.7 Å². The summed E-state index contributed by atoms with van der Waals surface area (Å²) in [5, 5.41) is 12.1. The minimum atomic E-state index is -1.06. The Labute approximate surface area is 153 Å². The molecule has 0 bridgehead atoms. The molecule has 26 heavy (non-hydrogen) atoms. The molecule has 2 fully saturated rings. The lowest BCUT2D eigenvalue weighted by atomic mass is 9.76. The fourth-order valence-corrected chi connectivity index (χ4v) is 3.71. The summed E-state index contributed by atoms with van der Waals surface area (Å²) in [7, 11) is 0. The molecule has 1 heterocycles. The van der Waals surface area contributed by atoms with E-state index < -0.39 is 11.5 Å². The molecule has 1 saturated carbocycles. The molecule has 0 unspecified atom stereocenters. The molecule has 3 rings (SSSR count). The van der Waals surface area contributed by atoms with Gasteiger partial charge < -0.3 is 15.3 Å². The Kier molecular flexibility index (Phi) is 5.59. The van der Waals surface area contributed by atoms with Gasteiger partial charge in [-0.1, -0.05) is 30.3 Å². The lowest BCUT2D eigenvalue weighted by molar-refractivity contribution is -0.152. The average molecular weight is 358 g/mol. The summed E-state index contributed by atoms with van der Waals surface area (Å²) in [6.07, 6.45) is 4.23. The highest BCUT2D eigenvalue weighted by atomic mass is 16.4. The normalized spacial score (nSPS) is 19.5. The molecule has 2 aliphatic rings. The first kappa shape index (κ1) is 18.4. The monoisotopic (exact) mass is 358 g/mol. The van der Waals surface area contributed by atoms with Crippen LogP contribution in [0.4, 0.5) is 0 Å². The van der Waals surface area contributed by atoms with Crippen molar-refractivity contribution >= 4 is 17.8 Å². The summed E-state index contributed by atoms with van der Waals surface area (Å²) >= 11 is 0. The molecule has 0 radical (unpaired) electrons. The molecular weight excluding hydrogens is 332 g/mol. The third-order valence-corrected chi connectivity index (χ3v) is 5.67. The van der Waals surface area contributed by atoms with Crippen LogP contribution in [0.5, 0.6) is 0 Å². The maximum atomic E-state index is 12.4. The summed E-state index contributed by atoms with van der Waals surface area (Å²) in [6.45, 7) is 1.12. The largest absolute Gasteiger partial charge is 0.480 e. The second-order valence-electron chi connectivity index (χ2n) is 7.37. The molecule has 6 heteroatoms. The molecular formula is C20H26N2O4. The molecule has 1 aliphatic heterocycles. The highest BCUT2D eigenvalue weighted by molar-refractivity contribution is 5.89. The molecule has 2 amide bonds. The first-order valence-electron chi connectivity index (χ1n) is 9.37. The summed E-state index contributed by atoms with van der Waals surface area (Å²) in [4.78, 5) is 38.0. The number of amides is 2. The van der Waals surface area contributed by atoms with Gasteiger partial charge in [0.15, 0.2) is 0 Å². The standard InChI is InChI=1S/C20H26N2O4/c23-17(8-7-15-5-2-1-3-6-15)22-13-9-16(10-14-22)18(24)21-20(19(25)26)11-4-12-20/h1-3,5-6,16H,4,7-14H2,(H,21,24)(H,25,26). The number of carbonyl (C=O) groups excluding carboxylic acids is 2. The second kappa shape index (κ2) is 7.89. The summed E-state index contributed by atoms with van der Waals surface area (Å²) in [6, 6.07) is 9.93. The van der Waals surface area contributed by atoms with E-state index in [4.69, 9.17) is 0 Å². The minimum Gasteiger partial charge on any atom is -0.480 e. The molecule has 1 saturated heterocycles. The maximum Gasteiger partial charge on any atom is 0.329 e. The highest BCUT2D eigenvalue weighted by Crippen LogP contribution is 2.33. The number of hydrogen-bond donors (Lipinski definition) is 2. The second-order valence-corrected chi connectivity index (χ2v) is 7.37. The Morgan fingerprint density at radius 2 is 1.77 bits per heavy atom. The summed E-state index contributed by atoms with van der Waals surface area (Å²) < 4.78 is 0. The molecule has 0 spiro atoms. The summed E-state index contributed by atoms with van der Waals surface area (Å²) in [5.74, 6) is -1.20. The van der Waals surface area contributed by atoms with Crippen LogP contribution in [-0.4, -0.2) is 46.4 Å². The SMILES string of the molecule is O=C(NC1(C(=O)O)CCC1)C1CCN(C(=O)CCc2ccccc2)CC1. The Morgan fingerprint density at radius 3 is 2.31 bits per heavy atom. The van der Waals surface area contributed by atoms with E-state index in [-0.39, 0.29) is 17.7 Å². The number of carboxylic acid groups (broad SMARTS) is 1. The van der Waals surface area contributed by atoms with Gasteiger partial charge in [0.05, 0.1) is 0 Å².